The molecule has 1 nitrogen and oxygen atoms in total. The average Bonchev–Trinajstić information content (AvgIpc) is 3.61. The molecule has 0 unspecified atom stereocenters. The lowest BCUT2D eigenvalue weighted by Gasteiger charge is -2.01. The fraction of sp³-hybridized carbons (Fsp3) is 0.174. The second-order valence-corrected chi connectivity index (χ2v) is 19.6. The smallest absolute Gasteiger partial charge is 0.160 e. The summed E-state index contributed by atoms with van der Waals surface area (Å²) in [5.41, 5.74) is 0. The summed E-state index contributed by atoms with van der Waals surface area (Å²) in [6.07, 6.45) is 7.78. The Morgan fingerprint density at radius 1 is 0.618 bits per heavy atom. The van der Waals surface area contributed by atoms with E-state index in [2.05, 4.69) is 44.2 Å². The van der Waals surface area contributed by atoms with E-state index < -0.39 is 0 Å². The van der Waals surface area contributed by atoms with Crippen LogP contribution in [0.5, 0.6) is 0 Å². The first kappa shape index (κ1) is 26.2. The molecule has 0 amide bonds. The van der Waals surface area contributed by atoms with Crippen LogP contribution >= 0.6 is 117 Å². The molecule has 0 spiro atoms. The Morgan fingerprint density at radius 2 is 1.00 bits per heavy atom. The molecule has 5 rings (SSSR count). The quantitative estimate of drug-likeness (QED) is 0.263. The molecule has 2 aromatic rings. The number of aldehydes is 1. The standard InChI is InChI=1S/C23H18OS10/c1-3-25-20-21(26-4-2)30-17(29-20)9-13-5-6-14(27-13)10-18-31-22-23(32-18)34-19(33-22)11-15-7-8-16(12-24)28-15/h5-12H,3-4H2,1-2H3. The Balaban J connectivity index is 1.19. The minimum Gasteiger partial charge on any atom is -0.297 e. The molecular formula is C23H18OS10. The SMILES string of the molecule is CCSC1=C(SCC)SC(=Cc2ccc(C=C3SC4=C(SC(=Cc5ccc(C=O)s5)S4)S3)s2)S1. The van der Waals surface area contributed by atoms with Crippen molar-refractivity contribution in [1.29, 1.82) is 0 Å². The Labute approximate surface area is 242 Å². The van der Waals surface area contributed by atoms with Gasteiger partial charge in [-0.2, -0.15) is 0 Å². The molecule has 2 aromatic heterocycles. The lowest BCUT2D eigenvalue weighted by Crippen LogP contribution is -1.72. The van der Waals surface area contributed by atoms with Gasteiger partial charge in [0, 0.05) is 14.6 Å². The predicted octanol–water partition coefficient (Wildman–Crippen LogP) is 11.4. The second kappa shape index (κ2) is 12.4. The van der Waals surface area contributed by atoms with Crippen molar-refractivity contribution in [2.75, 3.05) is 11.5 Å². The second-order valence-electron chi connectivity index (χ2n) is 6.62. The summed E-state index contributed by atoms with van der Waals surface area (Å²) in [5.74, 6) is 2.24. The summed E-state index contributed by atoms with van der Waals surface area (Å²) in [5, 5.41) is 0. The van der Waals surface area contributed by atoms with E-state index in [0.717, 1.165) is 27.5 Å². The summed E-state index contributed by atoms with van der Waals surface area (Å²) in [6.45, 7) is 4.45. The largest absolute Gasteiger partial charge is 0.297 e. The molecule has 0 aromatic carbocycles. The molecule has 3 aliphatic heterocycles. The zero-order chi connectivity index (χ0) is 23.5. The normalized spacial score (nSPS) is 17.8. The van der Waals surface area contributed by atoms with Gasteiger partial charge in [0.25, 0.3) is 0 Å². The van der Waals surface area contributed by atoms with Crippen LogP contribution in [0, 0.1) is 0 Å². The van der Waals surface area contributed by atoms with Crippen LogP contribution in [-0.2, 0) is 0 Å². The van der Waals surface area contributed by atoms with Gasteiger partial charge in [-0.1, -0.05) is 84.4 Å². The van der Waals surface area contributed by atoms with Gasteiger partial charge in [0.05, 0.1) is 34.5 Å². The van der Waals surface area contributed by atoms with Crippen molar-refractivity contribution in [1.82, 2.24) is 0 Å². The Morgan fingerprint density at radius 3 is 1.38 bits per heavy atom. The molecule has 0 aliphatic carbocycles. The number of rotatable bonds is 8. The maximum absolute atomic E-state index is 10.9. The maximum Gasteiger partial charge on any atom is 0.160 e. The Bertz CT molecular complexity index is 1210. The molecule has 176 valence electrons. The zero-order valence-corrected chi connectivity index (χ0v) is 26.2. The maximum atomic E-state index is 10.9. The highest BCUT2D eigenvalue weighted by molar-refractivity contribution is 8.48. The van der Waals surface area contributed by atoms with E-state index in [4.69, 9.17) is 0 Å². The number of thiophene rings is 2. The van der Waals surface area contributed by atoms with Gasteiger partial charge in [-0.3, -0.25) is 4.79 Å². The van der Waals surface area contributed by atoms with Crippen LogP contribution < -0.4 is 0 Å². The summed E-state index contributed by atoms with van der Waals surface area (Å²) < 4.78 is 9.71. The van der Waals surface area contributed by atoms with Crippen molar-refractivity contribution in [2.45, 2.75) is 13.8 Å². The highest BCUT2D eigenvalue weighted by Crippen LogP contribution is 2.67. The van der Waals surface area contributed by atoms with Crippen LogP contribution in [-0.4, -0.2) is 17.8 Å². The van der Waals surface area contributed by atoms with Gasteiger partial charge in [0.2, 0.25) is 0 Å². The van der Waals surface area contributed by atoms with Crippen LogP contribution in [0.2, 0.25) is 0 Å². The van der Waals surface area contributed by atoms with E-state index in [0.29, 0.717) is 0 Å². The van der Waals surface area contributed by atoms with Crippen LogP contribution in [0.15, 0.2) is 53.9 Å². The van der Waals surface area contributed by atoms with Crippen molar-refractivity contribution in [3.05, 3.63) is 73.4 Å². The lowest BCUT2D eigenvalue weighted by molar-refractivity contribution is 0.112. The molecule has 34 heavy (non-hydrogen) atoms. The minimum atomic E-state index is 0.780. The first-order chi connectivity index (χ1) is 16.6. The number of thioether (sulfide) groups is 8. The molecule has 11 heteroatoms. The number of carbonyl (C=O) groups excluding carboxylic acids is 1. The van der Waals surface area contributed by atoms with Gasteiger partial charge in [0.15, 0.2) is 6.29 Å². The van der Waals surface area contributed by atoms with Crippen molar-refractivity contribution in [3.8, 4) is 0 Å². The number of hydrogen-bond donors (Lipinski definition) is 0. The van der Waals surface area contributed by atoms with Crippen LogP contribution in [0.4, 0.5) is 0 Å². The molecule has 0 saturated heterocycles. The molecule has 3 aliphatic rings. The van der Waals surface area contributed by atoms with E-state index in [-0.39, 0.29) is 0 Å². The van der Waals surface area contributed by atoms with Crippen LogP contribution in [0.25, 0.3) is 18.2 Å². The average molecular weight is 631 g/mol. The van der Waals surface area contributed by atoms with Gasteiger partial charge >= 0.3 is 0 Å². The highest BCUT2D eigenvalue weighted by atomic mass is 32.3. The Hall–Kier alpha value is 0.570. The van der Waals surface area contributed by atoms with Gasteiger partial charge in [-0.25, -0.2) is 0 Å². The van der Waals surface area contributed by atoms with Crippen molar-refractivity contribution in [3.63, 3.8) is 0 Å². The van der Waals surface area contributed by atoms with E-state index >= 15 is 0 Å². The van der Waals surface area contributed by atoms with Gasteiger partial charge < -0.3 is 0 Å². The lowest BCUT2D eigenvalue weighted by atomic mass is 10.4. The van der Waals surface area contributed by atoms with Crippen molar-refractivity contribution >= 4 is 141 Å². The first-order valence-electron chi connectivity index (χ1n) is 10.2. The van der Waals surface area contributed by atoms with Gasteiger partial charge in [-0.15, -0.1) is 46.2 Å². The molecule has 0 atom stereocenters. The molecule has 0 bridgehead atoms. The third-order valence-corrected chi connectivity index (χ3v) is 16.7. The third-order valence-electron chi connectivity index (χ3n) is 4.24. The molecule has 0 N–H and O–H groups in total. The van der Waals surface area contributed by atoms with Crippen molar-refractivity contribution < 1.29 is 4.79 Å². The van der Waals surface area contributed by atoms with E-state index in [9.17, 15) is 4.79 Å². The summed E-state index contributed by atoms with van der Waals surface area (Å²) in [4.78, 5) is 15.5. The summed E-state index contributed by atoms with van der Waals surface area (Å²) in [7, 11) is 0. The molecular weight excluding hydrogens is 613 g/mol. The monoisotopic (exact) mass is 630 g/mol. The summed E-state index contributed by atoms with van der Waals surface area (Å²) >= 11 is 18.6. The fourth-order valence-corrected chi connectivity index (χ4v) is 16.8. The van der Waals surface area contributed by atoms with E-state index in [1.165, 1.54) is 39.4 Å². The summed E-state index contributed by atoms with van der Waals surface area (Å²) in [6, 6.07) is 8.39. The predicted molar refractivity (Wildman–Crippen MR) is 174 cm³/mol. The zero-order valence-electron chi connectivity index (χ0n) is 18.0. The first-order valence-corrected chi connectivity index (χ1v) is 18.7. The fourth-order valence-electron chi connectivity index (χ4n) is 2.90. The van der Waals surface area contributed by atoms with Gasteiger partial charge in [-0.05, 0) is 54.0 Å². The molecule has 5 heterocycles. The topological polar surface area (TPSA) is 17.1 Å². The Kier molecular flexibility index (Phi) is 9.56. The third kappa shape index (κ3) is 6.52. The minimum absolute atomic E-state index is 0.780. The highest BCUT2D eigenvalue weighted by Gasteiger charge is 2.30. The molecule has 0 saturated carbocycles. The number of hydrogen-bond acceptors (Lipinski definition) is 11. The van der Waals surface area contributed by atoms with E-state index in [1.54, 1.807) is 11.3 Å². The van der Waals surface area contributed by atoms with Crippen LogP contribution in [0.1, 0.15) is 38.2 Å². The molecule has 0 fully saturated rings. The molecule has 0 radical (unpaired) electrons. The van der Waals surface area contributed by atoms with Crippen LogP contribution in [0.3, 0.4) is 0 Å². The van der Waals surface area contributed by atoms with Gasteiger partial charge in [0.1, 0.15) is 0 Å². The number of carbonyl (C=O) groups is 1. The van der Waals surface area contributed by atoms with E-state index in [1.807, 2.05) is 118 Å². The van der Waals surface area contributed by atoms with Crippen molar-refractivity contribution in [2.24, 2.45) is 0 Å².